The van der Waals surface area contributed by atoms with E-state index in [0.717, 1.165) is 24.8 Å². The van der Waals surface area contributed by atoms with Crippen molar-refractivity contribution in [2.45, 2.75) is 32.1 Å². The van der Waals surface area contributed by atoms with E-state index in [4.69, 9.17) is 5.11 Å². The van der Waals surface area contributed by atoms with Gasteiger partial charge in [0, 0.05) is 19.5 Å². The molecule has 1 saturated carbocycles. The van der Waals surface area contributed by atoms with E-state index in [-0.39, 0.29) is 23.7 Å². The number of aliphatic carboxylic acids is 1. The van der Waals surface area contributed by atoms with Gasteiger partial charge in [-0.05, 0) is 48.8 Å². The van der Waals surface area contributed by atoms with E-state index in [1.54, 1.807) is 12.1 Å². The molecule has 5 nitrogen and oxygen atoms in total. The third-order valence-electron chi connectivity index (χ3n) is 3.93. The standard InChI is InChI=1S/C16H21FN2O3/c17-13-5-3-12(4-6-13)10-16(7-8-16)11-19-15(22)18-9-1-2-14(20)21/h3-6H,1-2,7-11H2,(H,20,21)(H2,18,19,22). The minimum absolute atomic E-state index is 0.0504. The van der Waals surface area contributed by atoms with E-state index < -0.39 is 5.97 Å². The molecular weight excluding hydrogens is 287 g/mol. The molecule has 0 spiro atoms. The summed E-state index contributed by atoms with van der Waals surface area (Å²) in [6.07, 6.45) is 3.39. The van der Waals surface area contributed by atoms with Crippen molar-refractivity contribution in [3.05, 3.63) is 35.6 Å². The Morgan fingerprint density at radius 1 is 1.18 bits per heavy atom. The summed E-state index contributed by atoms with van der Waals surface area (Å²) in [6.45, 7) is 0.929. The van der Waals surface area contributed by atoms with Crippen molar-refractivity contribution >= 4 is 12.0 Å². The van der Waals surface area contributed by atoms with Crippen LogP contribution in [0.2, 0.25) is 0 Å². The monoisotopic (exact) mass is 308 g/mol. The Morgan fingerprint density at radius 3 is 2.45 bits per heavy atom. The van der Waals surface area contributed by atoms with Crippen LogP contribution in [0.15, 0.2) is 24.3 Å². The SMILES string of the molecule is O=C(O)CCCNC(=O)NCC1(Cc2ccc(F)cc2)CC1. The maximum absolute atomic E-state index is 12.9. The van der Waals surface area contributed by atoms with Crippen molar-refractivity contribution in [1.82, 2.24) is 10.6 Å². The highest BCUT2D eigenvalue weighted by atomic mass is 19.1. The topological polar surface area (TPSA) is 78.4 Å². The van der Waals surface area contributed by atoms with E-state index in [1.807, 2.05) is 0 Å². The predicted octanol–water partition coefficient (Wildman–Crippen LogP) is 2.31. The number of nitrogens with one attached hydrogen (secondary N) is 2. The first-order chi connectivity index (χ1) is 10.5. The zero-order valence-electron chi connectivity index (χ0n) is 12.4. The number of benzene rings is 1. The van der Waals surface area contributed by atoms with Gasteiger partial charge in [-0.15, -0.1) is 0 Å². The first-order valence-electron chi connectivity index (χ1n) is 7.47. The van der Waals surface area contributed by atoms with Gasteiger partial charge in [0.15, 0.2) is 0 Å². The van der Waals surface area contributed by atoms with Crippen molar-refractivity contribution in [2.24, 2.45) is 5.41 Å². The number of carboxylic acid groups (broad SMARTS) is 1. The van der Waals surface area contributed by atoms with Gasteiger partial charge in [-0.25, -0.2) is 9.18 Å². The molecule has 120 valence electrons. The van der Waals surface area contributed by atoms with Crippen molar-refractivity contribution in [3.8, 4) is 0 Å². The zero-order chi connectivity index (χ0) is 16.0. The third-order valence-corrected chi connectivity index (χ3v) is 3.93. The Labute approximate surface area is 128 Å². The minimum atomic E-state index is -0.863. The second-order valence-electron chi connectivity index (χ2n) is 5.91. The summed E-state index contributed by atoms with van der Waals surface area (Å²) in [6, 6.07) is 6.20. The van der Waals surface area contributed by atoms with E-state index >= 15 is 0 Å². The van der Waals surface area contributed by atoms with Crippen molar-refractivity contribution in [3.63, 3.8) is 0 Å². The van der Waals surface area contributed by atoms with Crippen LogP contribution in [-0.4, -0.2) is 30.2 Å². The Kier molecular flexibility index (Phi) is 5.35. The van der Waals surface area contributed by atoms with Gasteiger partial charge >= 0.3 is 12.0 Å². The van der Waals surface area contributed by atoms with Crippen LogP contribution in [0, 0.1) is 11.2 Å². The number of rotatable bonds is 8. The Balaban J connectivity index is 1.68. The van der Waals surface area contributed by atoms with Gasteiger partial charge in [-0.1, -0.05) is 12.1 Å². The molecular formula is C16H21FN2O3. The van der Waals surface area contributed by atoms with E-state index in [2.05, 4.69) is 10.6 Å². The van der Waals surface area contributed by atoms with Gasteiger partial charge < -0.3 is 15.7 Å². The molecule has 3 N–H and O–H groups in total. The average Bonchev–Trinajstić information content (AvgIpc) is 3.24. The Hall–Kier alpha value is -2.11. The lowest BCUT2D eigenvalue weighted by Gasteiger charge is -2.16. The van der Waals surface area contributed by atoms with Gasteiger partial charge in [0.05, 0.1) is 0 Å². The van der Waals surface area contributed by atoms with Crippen LogP contribution in [0.4, 0.5) is 9.18 Å². The summed E-state index contributed by atoms with van der Waals surface area (Å²) in [5.74, 6) is -1.11. The normalized spacial score (nSPS) is 15.1. The fourth-order valence-corrected chi connectivity index (χ4v) is 2.40. The predicted molar refractivity (Wildman–Crippen MR) is 80.0 cm³/mol. The molecule has 1 aliphatic carbocycles. The van der Waals surface area contributed by atoms with Crippen LogP contribution in [0.5, 0.6) is 0 Å². The fourth-order valence-electron chi connectivity index (χ4n) is 2.40. The smallest absolute Gasteiger partial charge is 0.314 e. The first kappa shape index (κ1) is 16.3. The summed E-state index contributed by atoms with van der Waals surface area (Å²) in [7, 11) is 0. The van der Waals surface area contributed by atoms with Crippen molar-refractivity contribution in [2.75, 3.05) is 13.1 Å². The lowest BCUT2D eigenvalue weighted by Crippen LogP contribution is -2.39. The summed E-state index contributed by atoms with van der Waals surface area (Å²) >= 11 is 0. The molecule has 0 atom stereocenters. The highest BCUT2D eigenvalue weighted by Gasteiger charge is 2.42. The molecule has 1 aromatic rings. The molecule has 0 saturated heterocycles. The molecule has 0 aliphatic heterocycles. The number of amides is 2. The van der Waals surface area contributed by atoms with Crippen LogP contribution in [-0.2, 0) is 11.2 Å². The molecule has 0 heterocycles. The molecule has 0 radical (unpaired) electrons. The van der Waals surface area contributed by atoms with Crippen molar-refractivity contribution in [1.29, 1.82) is 0 Å². The van der Waals surface area contributed by atoms with Crippen molar-refractivity contribution < 1.29 is 19.1 Å². The Morgan fingerprint density at radius 2 is 1.86 bits per heavy atom. The number of hydrogen-bond acceptors (Lipinski definition) is 2. The van der Waals surface area contributed by atoms with Crippen LogP contribution in [0.1, 0.15) is 31.2 Å². The van der Waals surface area contributed by atoms with Crippen LogP contribution < -0.4 is 10.6 Å². The van der Waals surface area contributed by atoms with Gasteiger partial charge in [-0.3, -0.25) is 4.79 Å². The molecule has 0 unspecified atom stereocenters. The number of carbonyl (C=O) groups excluding carboxylic acids is 1. The molecule has 0 aromatic heterocycles. The Bertz CT molecular complexity index is 527. The molecule has 1 fully saturated rings. The molecule has 1 aromatic carbocycles. The zero-order valence-corrected chi connectivity index (χ0v) is 12.4. The lowest BCUT2D eigenvalue weighted by molar-refractivity contribution is -0.137. The van der Waals surface area contributed by atoms with Crippen LogP contribution >= 0.6 is 0 Å². The van der Waals surface area contributed by atoms with Gasteiger partial charge in [0.2, 0.25) is 0 Å². The molecule has 6 heteroatoms. The average molecular weight is 308 g/mol. The fraction of sp³-hybridized carbons (Fsp3) is 0.500. The minimum Gasteiger partial charge on any atom is -0.481 e. The first-order valence-corrected chi connectivity index (χ1v) is 7.47. The lowest BCUT2D eigenvalue weighted by atomic mass is 9.96. The van der Waals surface area contributed by atoms with E-state index in [9.17, 15) is 14.0 Å². The third kappa shape index (κ3) is 5.35. The number of carboxylic acids is 1. The van der Waals surface area contributed by atoms with Gasteiger partial charge in [0.1, 0.15) is 5.82 Å². The molecule has 2 rings (SSSR count). The number of urea groups is 1. The summed E-state index contributed by atoms with van der Waals surface area (Å²) in [5, 5.41) is 14.0. The second-order valence-corrected chi connectivity index (χ2v) is 5.91. The maximum Gasteiger partial charge on any atom is 0.314 e. The number of carbonyl (C=O) groups is 2. The maximum atomic E-state index is 12.9. The summed E-state index contributed by atoms with van der Waals surface area (Å²) < 4.78 is 12.9. The van der Waals surface area contributed by atoms with Crippen LogP contribution in [0.25, 0.3) is 0 Å². The number of hydrogen-bond donors (Lipinski definition) is 3. The molecule has 0 bridgehead atoms. The van der Waals surface area contributed by atoms with Gasteiger partial charge in [-0.2, -0.15) is 0 Å². The second kappa shape index (κ2) is 7.24. The van der Waals surface area contributed by atoms with E-state index in [1.165, 1.54) is 12.1 Å². The summed E-state index contributed by atoms with van der Waals surface area (Å²) in [4.78, 5) is 22.0. The molecule has 2 amide bonds. The highest BCUT2D eigenvalue weighted by molar-refractivity contribution is 5.74. The van der Waals surface area contributed by atoms with Gasteiger partial charge in [0.25, 0.3) is 0 Å². The largest absolute Gasteiger partial charge is 0.481 e. The summed E-state index contributed by atoms with van der Waals surface area (Å²) in [5.41, 5.74) is 1.15. The quantitative estimate of drug-likeness (QED) is 0.645. The number of halogens is 1. The molecule has 1 aliphatic rings. The molecule has 22 heavy (non-hydrogen) atoms. The highest BCUT2D eigenvalue weighted by Crippen LogP contribution is 2.47. The van der Waals surface area contributed by atoms with E-state index in [0.29, 0.717) is 19.5 Å². The van der Waals surface area contributed by atoms with Crippen LogP contribution in [0.3, 0.4) is 0 Å².